The van der Waals surface area contributed by atoms with Crippen LogP contribution >= 0.6 is 7.82 Å². The Morgan fingerprint density at radius 1 is 1.29 bits per heavy atom. The van der Waals surface area contributed by atoms with Gasteiger partial charge in [0.15, 0.2) is 0 Å². The van der Waals surface area contributed by atoms with E-state index in [0.29, 0.717) is 22.9 Å². The number of para-hydroxylation sites is 1. The minimum atomic E-state index is -4.73. The lowest BCUT2D eigenvalue weighted by Crippen LogP contribution is -2.22. The zero-order valence-electron chi connectivity index (χ0n) is 11.9. The molecule has 114 valence electrons. The van der Waals surface area contributed by atoms with E-state index in [1.54, 1.807) is 31.3 Å². The second kappa shape index (κ2) is 6.02. The number of nitrogens with zero attached hydrogens (tertiary/aromatic N) is 1. The SMILES string of the molecule is CCCCc1c(OP(=O)(O)O)c2ccccc2n(C)c1=O. The summed E-state index contributed by atoms with van der Waals surface area (Å²) in [5.74, 6) is -0.00418. The summed E-state index contributed by atoms with van der Waals surface area (Å²) in [7, 11) is -3.09. The van der Waals surface area contributed by atoms with Crippen molar-refractivity contribution >= 4 is 18.7 Å². The number of aromatic nitrogens is 1. The highest BCUT2D eigenvalue weighted by Gasteiger charge is 2.23. The number of aryl methyl sites for hydroxylation is 1. The monoisotopic (exact) mass is 311 g/mol. The quantitative estimate of drug-likeness (QED) is 0.827. The van der Waals surface area contributed by atoms with Gasteiger partial charge in [-0.05, 0) is 25.0 Å². The Bertz CT molecular complexity index is 762. The van der Waals surface area contributed by atoms with E-state index >= 15 is 0 Å². The molecule has 0 amide bonds. The van der Waals surface area contributed by atoms with Crippen LogP contribution in [0.3, 0.4) is 0 Å². The van der Waals surface area contributed by atoms with Crippen molar-refractivity contribution in [3.8, 4) is 5.75 Å². The van der Waals surface area contributed by atoms with Crippen molar-refractivity contribution in [3.63, 3.8) is 0 Å². The molecular formula is C14H18NO5P. The maximum absolute atomic E-state index is 12.4. The Morgan fingerprint density at radius 2 is 1.95 bits per heavy atom. The van der Waals surface area contributed by atoms with Crippen LogP contribution < -0.4 is 10.1 Å². The first-order chi connectivity index (χ1) is 9.85. The number of rotatable bonds is 5. The zero-order chi connectivity index (χ0) is 15.6. The van der Waals surface area contributed by atoms with E-state index < -0.39 is 7.82 Å². The maximum Gasteiger partial charge on any atom is 0.524 e. The van der Waals surface area contributed by atoms with Crippen molar-refractivity contribution in [2.75, 3.05) is 0 Å². The summed E-state index contributed by atoms with van der Waals surface area (Å²) >= 11 is 0. The Kier molecular flexibility index (Phi) is 4.52. The van der Waals surface area contributed by atoms with Gasteiger partial charge in [0.2, 0.25) is 0 Å². The van der Waals surface area contributed by atoms with Gasteiger partial charge < -0.3 is 9.09 Å². The summed E-state index contributed by atoms with van der Waals surface area (Å²) in [5.41, 5.74) is 0.596. The molecule has 1 aromatic carbocycles. The minimum Gasteiger partial charge on any atom is -0.403 e. The highest BCUT2D eigenvalue weighted by atomic mass is 31.2. The van der Waals surface area contributed by atoms with Gasteiger partial charge in [-0.1, -0.05) is 25.5 Å². The lowest BCUT2D eigenvalue weighted by Gasteiger charge is -2.16. The predicted octanol–water partition coefficient (Wildman–Crippen LogP) is 2.35. The first-order valence-corrected chi connectivity index (χ1v) is 8.24. The molecule has 0 unspecified atom stereocenters. The van der Waals surface area contributed by atoms with Crippen molar-refractivity contribution < 1.29 is 18.9 Å². The minimum absolute atomic E-state index is 0.00418. The number of phosphoric ester groups is 1. The second-order valence-electron chi connectivity index (χ2n) is 4.87. The third kappa shape index (κ3) is 3.35. The standard InChI is InChI=1S/C14H18NO5P/c1-3-4-7-11-13(20-21(17,18)19)10-8-5-6-9-12(10)15(2)14(11)16/h5-6,8-9H,3-4,7H2,1-2H3,(H2,17,18,19). The van der Waals surface area contributed by atoms with Gasteiger partial charge in [-0.3, -0.25) is 14.6 Å². The van der Waals surface area contributed by atoms with E-state index in [1.165, 1.54) is 4.57 Å². The molecule has 0 aliphatic carbocycles. The van der Waals surface area contributed by atoms with Crippen molar-refractivity contribution in [2.45, 2.75) is 26.2 Å². The molecule has 0 aliphatic rings. The molecule has 0 spiro atoms. The van der Waals surface area contributed by atoms with E-state index in [-0.39, 0.29) is 11.3 Å². The van der Waals surface area contributed by atoms with Crippen LogP contribution in [-0.2, 0) is 18.0 Å². The Labute approximate surface area is 122 Å². The predicted molar refractivity (Wildman–Crippen MR) is 80.5 cm³/mol. The van der Waals surface area contributed by atoms with Gasteiger partial charge in [0.1, 0.15) is 5.75 Å². The molecule has 0 saturated heterocycles. The summed E-state index contributed by atoms with van der Waals surface area (Å²) in [6.45, 7) is 1.98. The Hall–Kier alpha value is -1.62. The van der Waals surface area contributed by atoms with Gasteiger partial charge >= 0.3 is 7.82 Å². The van der Waals surface area contributed by atoms with Crippen LogP contribution in [0.2, 0.25) is 0 Å². The number of unbranched alkanes of at least 4 members (excludes halogenated alkanes) is 1. The molecule has 0 fully saturated rings. The molecule has 0 bridgehead atoms. The lowest BCUT2D eigenvalue weighted by atomic mass is 10.1. The van der Waals surface area contributed by atoms with Crippen molar-refractivity contribution in [3.05, 3.63) is 40.2 Å². The molecule has 21 heavy (non-hydrogen) atoms. The molecular weight excluding hydrogens is 293 g/mol. The summed E-state index contributed by atoms with van der Waals surface area (Å²) in [6.07, 6.45) is 2.03. The van der Waals surface area contributed by atoms with E-state index in [4.69, 9.17) is 14.3 Å². The molecule has 2 aromatic rings. The average Bonchev–Trinajstić information content (AvgIpc) is 2.43. The van der Waals surface area contributed by atoms with Crippen molar-refractivity contribution in [2.24, 2.45) is 7.05 Å². The van der Waals surface area contributed by atoms with Crippen molar-refractivity contribution in [1.82, 2.24) is 4.57 Å². The lowest BCUT2D eigenvalue weighted by molar-refractivity contribution is 0.283. The van der Waals surface area contributed by atoms with Gasteiger partial charge in [-0.15, -0.1) is 0 Å². The van der Waals surface area contributed by atoms with Crippen LogP contribution in [-0.4, -0.2) is 14.4 Å². The molecule has 0 atom stereocenters. The van der Waals surface area contributed by atoms with Crippen LogP contribution in [0.5, 0.6) is 5.75 Å². The number of hydrogen-bond acceptors (Lipinski definition) is 3. The average molecular weight is 311 g/mol. The fraction of sp³-hybridized carbons (Fsp3) is 0.357. The van der Waals surface area contributed by atoms with Gasteiger partial charge in [0.25, 0.3) is 5.56 Å². The zero-order valence-corrected chi connectivity index (χ0v) is 12.8. The topological polar surface area (TPSA) is 88.8 Å². The molecule has 1 aromatic heterocycles. The largest absolute Gasteiger partial charge is 0.524 e. The van der Waals surface area contributed by atoms with Gasteiger partial charge in [0, 0.05) is 12.4 Å². The third-order valence-corrected chi connectivity index (χ3v) is 3.76. The molecule has 2 N–H and O–H groups in total. The van der Waals surface area contributed by atoms with Gasteiger partial charge in [-0.25, -0.2) is 4.57 Å². The highest BCUT2D eigenvalue weighted by molar-refractivity contribution is 7.46. The molecule has 7 heteroatoms. The van der Waals surface area contributed by atoms with E-state index in [1.807, 2.05) is 6.92 Å². The van der Waals surface area contributed by atoms with Crippen LogP contribution in [0.25, 0.3) is 10.9 Å². The van der Waals surface area contributed by atoms with Crippen LogP contribution in [0, 0.1) is 0 Å². The number of phosphoric acid groups is 1. The molecule has 0 radical (unpaired) electrons. The molecule has 0 saturated carbocycles. The molecule has 1 heterocycles. The molecule has 6 nitrogen and oxygen atoms in total. The van der Waals surface area contributed by atoms with E-state index in [0.717, 1.165) is 12.8 Å². The van der Waals surface area contributed by atoms with Gasteiger partial charge in [-0.2, -0.15) is 0 Å². The summed E-state index contributed by atoms with van der Waals surface area (Å²) in [6, 6.07) is 6.90. The number of benzene rings is 1. The Balaban J connectivity index is 2.78. The van der Waals surface area contributed by atoms with Crippen molar-refractivity contribution in [1.29, 1.82) is 0 Å². The molecule has 2 rings (SSSR count). The van der Waals surface area contributed by atoms with E-state index in [9.17, 15) is 9.36 Å². The number of hydrogen-bond donors (Lipinski definition) is 2. The fourth-order valence-electron chi connectivity index (χ4n) is 2.33. The number of fused-ring (bicyclic) bond motifs is 1. The number of pyridine rings is 1. The first kappa shape index (κ1) is 15.8. The maximum atomic E-state index is 12.4. The summed E-state index contributed by atoms with van der Waals surface area (Å²) in [4.78, 5) is 30.7. The fourth-order valence-corrected chi connectivity index (χ4v) is 2.77. The smallest absolute Gasteiger partial charge is 0.403 e. The normalized spacial score (nSPS) is 11.8. The first-order valence-electron chi connectivity index (χ1n) is 6.71. The van der Waals surface area contributed by atoms with Crippen LogP contribution in [0.4, 0.5) is 0 Å². The third-order valence-electron chi connectivity index (χ3n) is 3.34. The molecule has 0 aliphatic heterocycles. The van der Waals surface area contributed by atoms with Gasteiger partial charge in [0.05, 0.1) is 11.1 Å². The summed E-state index contributed by atoms with van der Waals surface area (Å²) in [5, 5.41) is 0.522. The van der Waals surface area contributed by atoms with Crippen LogP contribution in [0.1, 0.15) is 25.3 Å². The van der Waals surface area contributed by atoms with E-state index in [2.05, 4.69) is 0 Å². The highest BCUT2D eigenvalue weighted by Crippen LogP contribution is 2.42. The second-order valence-corrected chi connectivity index (χ2v) is 6.04. The van der Waals surface area contributed by atoms with Crippen LogP contribution in [0.15, 0.2) is 29.1 Å². The summed E-state index contributed by atoms with van der Waals surface area (Å²) < 4.78 is 17.5. The Morgan fingerprint density at radius 3 is 2.57 bits per heavy atom.